The fourth-order valence-electron chi connectivity index (χ4n) is 4.46. The molecule has 1 atom stereocenters. The summed E-state index contributed by atoms with van der Waals surface area (Å²) >= 11 is 0. The number of nitro groups is 1. The Hall–Kier alpha value is -3.67. The molecular formula is C26H27N3O3. The summed E-state index contributed by atoms with van der Waals surface area (Å²) in [6, 6.07) is 26.6. The zero-order valence-electron chi connectivity index (χ0n) is 18.1. The minimum absolute atomic E-state index is 0.0978. The molecule has 4 rings (SSSR count). The lowest BCUT2D eigenvalue weighted by Crippen LogP contribution is -2.44. The normalized spacial score (nSPS) is 15.2. The SMILES string of the molecule is C[C@H](c1ccccc1)N(C(=O)C1CCN(c2ccccc2[N+](=O)[O-])CC1)c1ccccc1. The van der Waals surface area contributed by atoms with Gasteiger partial charge in [0, 0.05) is 30.8 Å². The second kappa shape index (κ2) is 9.64. The predicted octanol–water partition coefficient (Wildman–Crippen LogP) is 5.61. The zero-order chi connectivity index (χ0) is 22.5. The molecule has 0 saturated carbocycles. The first-order valence-corrected chi connectivity index (χ1v) is 11.0. The molecule has 0 bridgehead atoms. The van der Waals surface area contributed by atoms with Crippen LogP contribution in [0.4, 0.5) is 17.1 Å². The number of rotatable bonds is 6. The van der Waals surface area contributed by atoms with Crippen molar-refractivity contribution in [3.8, 4) is 0 Å². The third-order valence-electron chi connectivity index (χ3n) is 6.20. The van der Waals surface area contributed by atoms with Crippen LogP contribution in [0.25, 0.3) is 0 Å². The van der Waals surface area contributed by atoms with Gasteiger partial charge in [-0.25, -0.2) is 0 Å². The summed E-state index contributed by atoms with van der Waals surface area (Å²) in [7, 11) is 0. The molecule has 1 saturated heterocycles. The van der Waals surface area contributed by atoms with Gasteiger partial charge in [0.05, 0.1) is 11.0 Å². The van der Waals surface area contributed by atoms with Crippen LogP contribution in [0.1, 0.15) is 31.4 Å². The smallest absolute Gasteiger partial charge is 0.292 e. The quantitative estimate of drug-likeness (QED) is 0.378. The van der Waals surface area contributed by atoms with Crippen molar-refractivity contribution in [2.45, 2.75) is 25.8 Å². The fraction of sp³-hybridized carbons (Fsp3) is 0.269. The van der Waals surface area contributed by atoms with Gasteiger partial charge in [0.15, 0.2) is 0 Å². The standard InChI is InChI=1S/C26H27N3O3/c1-20(21-10-4-2-5-11-21)28(23-12-6-3-7-13-23)26(30)22-16-18-27(19-17-22)24-14-8-9-15-25(24)29(31)32/h2-15,20,22H,16-19H2,1H3/t20-/m1/s1. The second-order valence-corrected chi connectivity index (χ2v) is 8.14. The highest BCUT2D eigenvalue weighted by Gasteiger charge is 2.33. The van der Waals surface area contributed by atoms with Crippen LogP contribution in [-0.2, 0) is 4.79 Å². The van der Waals surface area contributed by atoms with Crippen molar-refractivity contribution >= 4 is 23.0 Å². The van der Waals surface area contributed by atoms with E-state index in [0.29, 0.717) is 31.6 Å². The molecule has 0 unspecified atom stereocenters. The molecule has 1 amide bonds. The number of nitrogens with zero attached hydrogens (tertiary/aromatic N) is 3. The van der Waals surface area contributed by atoms with Crippen molar-refractivity contribution in [2.75, 3.05) is 22.9 Å². The summed E-state index contributed by atoms with van der Waals surface area (Å²) < 4.78 is 0. The number of piperidine rings is 1. The first kappa shape index (κ1) is 21.6. The van der Waals surface area contributed by atoms with E-state index in [9.17, 15) is 14.9 Å². The lowest BCUT2D eigenvalue weighted by molar-refractivity contribution is -0.384. The summed E-state index contributed by atoms with van der Waals surface area (Å²) in [5.41, 5.74) is 2.71. The lowest BCUT2D eigenvalue weighted by Gasteiger charge is -2.37. The molecular weight excluding hydrogens is 402 g/mol. The first-order valence-electron chi connectivity index (χ1n) is 11.0. The number of nitro benzene ring substituents is 1. The van der Waals surface area contributed by atoms with E-state index in [2.05, 4.69) is 6.92 Å². The number of para-hydroxylation sites is 3. The predicted molar refractivity (Wildman–Crippen MR) is 127 cm³/mol. The summed E-state index contributed by atoms with van der Waals surface area (Å²) in [6.07, 6.45) is 1.32. The maximum atomic E-state index is 13.7. The molecule has 1 aliphatic heterocycles. The van der Waals surface area contributed by atoms with E-state index < -0.39 is 0 Å². The minimum atomic E-state index is -0.342. The molecule has 32 heavy (non-hydrogen) atoms. The molecule has 164 valence electrons. The van der Waals surface area contributed by atoms with Gasteiger partial charge >= 0.3 is 0 Å². The molecule has 1 aliphatic rings. The zero-order valence-corrected chi connectivity index (χ0v) is 18.1. The molecule has 1 fully saturated rings. The van der Waals surface area contributed by atoms with E-state index in [1.165, 1.54) is 6.07 Å². The Bertz CT molecular complexity index is 1060. The van der Waals surface area contributed by atoms with Gasteiger partial charge in [0.2, 0.25) is 5.91 Å². The van der Waals surface area contributed by atoms with E-state index in [-0.39, 0.29) is 28.5 Å². The Morgan fingerprint density at radius 3 is 2.12 bits per heavy atom. The Morgan fingerprint density at radius 1 is 0.938 bits per heavy atom. The van der Waals surface area contributed by atoms with Gasteiger partial charge in [-0.1, -0.05) is 60.7 Å². The number of amides is 1. The highest BCUT2D eigenvalue weighted by atomic mass is 16.6. The van der Waals surface area contributed by atoms with Gasteiger partial charge in [-0.05, 0) is 43.5 Å². The van der Waals surface area contributed by atoms with Crippen LogP contribution in [0.5, 0.6) is 0 Å². The number of carbonyl (C=O) groups excluding carboxylic acids is 1. The topological polar surface area (TPSA) is 66.7 Å². The molecule has 0 radical (unpaired) electrons. The van der Waals surface area contributed by atoms with Crippen molar-refractivity contribution < 1.29 is 9.72 Å². The number of benzene rings is 3. The van der Waals surface area contributed by atoms with Gasteiger partial charge in [-0.3, -0.25) is 14.9 Å². The number of carbonyl (C=O) groups is 1. The Balaban J connectivity index is 1.54. The molecule has 6 nitrogen and oxygen atoms in total. The van der Waals surface area contributed by atoms with Gasteiger partial charge < -0.3 is 9.80 Å². The number of anilines is 2. The van der Waals surface area contributed by atoms with Crippen molar-refractivity contribution in [1.29, 1.82) is 0 Å². The Morgan fingerprint density at radius 2 is 1.50 bits per heavy atom. The van der Waals surface area contributed by atoms with Crippen LogP contribution in [0, 0.1) is 16.0 Å². The maximum absolute atomic E-state index is 13.7. The van der Waals surface area contributed by atoms with Crippen molar-refractivity contribution in [3.05, 3.63) is 101 Å². The van der Waals surface area contributed by atoms with Crippen LogP contribution in [0.2, 0.25) is 0 Å². The monoisotopic (exact) mass is 429 g/mol. The van der Waals surface area contributed by atoms with Crippen LogP contribution >= 0.6 is 0 Å². The Labute approximate surface area is 188 Å². The van der Waals surface area contributed by atoms with Crippen LogP contribution in [0.3, 0.4) is 0 Å². The van der Waals surface area contributed by atoms with Gasteiger partial charge in [-0.15, -0.1) is 0 Å². The molecule has 1 heterocycles. The lowest BCUT2D eigenvalue weighted by atomic mass is 9.93. The molecule has 0 aromatic heterocycles. The maximum Gasteiger partial charge on any atom is 0.292 e. The Kier molecular flexibility index (Phi) is 6.50. The van der Waals surface area contributed by atoms with Crippen LogP contribution < -0.4 is 9.80 Å². The molecule has 0 spiro atoms. The average molecular weight is 430 g/mol. The van der Waals surface area contributed by atoms with Crippen LogP contribution in [0.15, 0.2) is 84.9 Å². The van der Waals surface area contributed by atoms with E-state index in [1.807, 2.05) is 76.5 Å². The van der Waals surface area contributed by atoms with Gasteiger partial charge in [0.1, 0.15) is 5.69 Å². The molecule has 0 N–H and O–H groups in total. The van der Waals surface area contributed by atoms with Gasteiger partial charge in [-0.2, -0.15) is 0 Å². The minimum Gasteiger partial charge on any atom is -0.366 e. The number of hydrogen-bond donors (Lipinski definition) is 0. The van der Waals surface area contributed by atoms with E-state index >= 15 is 0 Å². The van der Waals surface area contributed by atoms with E-state index in [0.717, 1.165) is 11.3 Å². The summed E-state index contributed by atoms with van der Waals surface area (Å²) in [4.78, 5) is 28.7. The van der Waals surface area contributed by atoms with Crippen molar-refractivity contribution in [1.82, 2.24) is 0 Å². The first-order chi connectivity index (χ1) is 15.6. The van der Waals surface area contributed by atoms with Crippen molar-refractivity contribution in [3.63, 3.8) is 0 Å². The summed E-state index contributed by atoms with van der Waals surface area (Å²) in [5.74, 6) is -0.0184. The summed E-state index contributed by atoms with van der Waals surface area (Å²) in [6.45, 7) is 3.29. The van der Waals surface area contributed by atoms with Crippen LogP contribution in [-0.4, -0.2) is 23.9 Å². The molecule has 0 aliphatic carbocycles. The summed E-state index contributed by atoms with van der Waals surface area (Å²) in [5, 5.41) is 11.4. The van der Waals surface area contributed by atoms with E-state index in [4.69, 9.17) is 0 Å². The van der Waals surface area contributed by atoms with Gasteiger partial charge in [0.25, 0.3) is 5.69 Å². The highest BCUT2D eigenvalue weighted by Crippen LogP contribution is 2.34. The number of hydrogen-bond acceptors (Lipinski definition) is 4. The second-order valence-electron chi connectivity index (χ2n) is 8.14. The van der Waals surface area contributed by atoms with E-state index in [1.54, 1.807) is 12.1 Å². The highest BCUT2D eigenvalue weighted by molar-refractivity contribution is 5.96. The van der Waals surface area contributed by atoms with Crippen molar-refractivity contribution in [2.24, 2.45) is 5.92 Å². The largest absolute Gasteiger partial charge is 0.366 e. The fourth-order valence-corrected chi connectivity index (χ4v) is 4.46. The average Bonchev–Trinajstić information content (AvgIpc) is 2.85. The molecule has 3 aromatic rings. The third kappa shape index (κ3) is 4.49. The third-order valence-corrected chi connectivity index (χ3v) is 6.20. The molecule has 6 heteroatoms. The molecule has 3 aromatic carbocycles.